The van der Waals surface area contributed by atoms with Crippen molar-refractivity contribution in [1.29, 1.82) is 0 Å². The Balaban J connectivity index is 2.31. The van der Waals surface area contributed by atoms with Crippen molar-refractivity contribution in [2.45, 2.75) is 5.92 Å². The average molecular weight is 246 g/mol. The fourth-order valence-electron chi connectivity index (χ4n) is 1.65. The summed E-state index contributed by atoms with van der Waals surface area (Å²) in [6, 6.07) is 7.07. The van der Waals surface area contributed by atoms with E-state index in [-0.39, 0.29) is 5.11 Å². The van der Waals surface area contributed by atoms with Crippen LogP contribution in [0.5, 0.6) is 0 Å². The molecule has 1 aliphatic rings. The van der Waals surface area contributed by atoms with Gasteiger partial charge in [-0.3, -0.25) is 9.59 Å². The maximum atomic E-state index is 11.7. The Morgan fingerprint density at radius 3 is 2.12 bits per heavy atom. The molecule has 5 heteroatoms. The molecule has 86 valence electrons. The molecule has 17 heavy (non-hydrogen) atoms. The third kappa shape index (κ3) is 2.24. The Morgan fingerprint density at radius 2 is 1.65 bits per heavy atom. The van der Waals surface area contributed by atoms with Gasteiger partial charge in [-0.05, 0) is 23.3 Å². The van der Waals surface area contributed by atoms with Gasteiger partial charge in [-0.15, -0.1) is 0 Å². The van der Waals surface area contributed by atoms with E-state index in [1.54, 1.807) is 30.3 Å². The van der Waals surface area contributed by atoms with Crippen LogP contribution in [0.3, 0.4) is 0 Å². The summed E-state index contributed by atoms with van der Waals surface area (Å²) in [5.74, 6) is -1.64. The molecule has 0 aliphatic carbocycles. The monoisotopic (exact) mass is 246 g/mol. The summed E-state index contributed by atoms with van der Waals surface area (Å²) in [5.41, 5.74) is 1.56. The Hall–Kier alpha value is -2.01. The normalized spacial score (nSPS) is 16.4. The van der Waals surface area contributed by atoms with E-state index in [0.717, 1.165) is 5.56 Å². The number of nitrogens with one attached hydrogen (secondary N) is 2. The number of hydrogen-bond donors (Lipinski definition) is 2. The first kappa shape index (κ1) is 11.5. The highest BCUT2D eigenvalue weighted by atomic mass is 32.1. The SMILES string of the molecule is C=Cc1ccc(C2C(=O)NC(=S)NC2=O)cc1. The Morgan fingerprint density at radius 1 is 1.12 bits per heavy atom. The number of thiocarbonyl (C=S) groups is 1. The van der Waals surface area contributed by atoms with Gasteiger partial charge in [-0.2, -0.15) is 0 Å². The molecule has 1 aliphatic heterocycles. The van der Waals surface area contributed by atoms with Crippen molar-refractivity contribution in [2.24, 2.45) is 0 Å². The van der Waals surface area contributed by atoms with Crippen LogP contribution in [-0.4, -0.2) is 16.9 Å². The number of benzene rings is 1. The van der Waals surface area contributed by atoms with E-state index in [0.29, 0.717) is 5.56 Å². The van der Waals surface area contributed by atoms with Gasteiger partial charge in [0.25, 0.3) is 0 Å². The number of rotatable bonds is 2. The topological polar surface area (TPSA) is 58.2 Å². The molecule has 0 unspecified atom stereocenters. The molecule has 4 nitrogen and oxygen atoms in total. The molecule has 0 radical (unpaired) electrons. The van der Waals surface area contributed by atoms with Gasteiger partial charge in [0.05, 0.1) is 0 Å². The van der Waals surface area contributed by atoms with Crippen LogP contribution < -0.4 is 10.6 Å². The van der Waals surface area contributed by atoms with Crippen LogP contribution in [-0.2, 0) is 9.59 Å². The van der Waals surface area contributed by atoms with Crippen LogP contribution in [0.15, 0.2) is 30.8 Å². The van der Waals surface area contributed by atoms with Crippen molar-refractivity contribution >= 4 is 35.2 Å². The van der Waals surface area contributed by atoms with Crippen molar-refractivity contribution in [3.05, 3.63) is 42.0 Å². The largest absolute Gasteiger partial charge is 0.302 e. The van der Waals surface area contributed by atoms with Crippen molar-refractivity contribution < 1.29 is 9.59 Å². The van der Waals surface area contributed by atoms with Gasteiger partial charge >= 0.3 is 0 Å². The lowest BCUT2D eigenvalue weighted by atomic mass is 9.95. The molecule has 1 aromatic rings. The lowest BCUT2D eigenvalue weighted by Gasteiger charge is -2.22. The zero-order valence-electron chi connectivity index (χ0n) is 8.90. The number of carbonyl (C=O) groups is 2. The van der Waals surface area contributed by atoms with E-state index in [2.05, 4.69) is 17.2 Å². The Labute approximate surface area is 104 Å². The van der Waals surface area contributed by atoms with Crippen LogP contribution in [0.2, 0.25) is 0 Å². The quantitative estimate of drug-likeness (QED) is 0.603. The van der Waals surface area contributed by atoms with Crippen molar-refractivity contribution in [3.63, 3.8) is 0 Å². The molecule has 0 aromatic heterocycles. The van der Waals surface area contributed by atoms with Crippen molar-refractivity contribution in [3.8, 4) is 0 Å². The van der Waals surface area contributed by atoms with E-state index in [9.17, 15) is 9.59 Å². The van der Waals surface area contributed by atoms with Crippen LogP contribution in [0.4, 0.5) is 0 Å². The first-order valence-electron chi connectivity index (χ1n) is 5.00. The van der Waals surface area contributed by atoms with Crippen LogP contribution in [0, 0.1) is 0 Å². The van der Waals surface area contributed by atoms with Gasteiger partial charge in [0.2, 0.25) is 11.8 Å². The molecular weight excluding hydrogens is 236 g/mol. The molecule has 0 bridgehead atoms. The molecule has 2 amide bonds. The first-order chi connectivity index (χ1) is 8.11. The van der Waals surface area contributed by atoms with E-state index >= 15 is 0 Å². The lowest BCUT2D eigenvalue weighted by Crippen LogP contribution is -2.54. The van der Waals surface area contributed by atoms with Crippen molar-refractivity contribution in [1.82, 2.24) is 10.6 Å². The van der Waals surface area contributed by atoms with Gasteiger partial charge in [-0.1, -0.05) is 36.9 Å². The molecule has 0 saturated carbocycles. The molecule has 2 N–H and O–H groups in total. The first-order valence-corrected chi connectivity index (χ1v) is 5.40. The van der Waals surface area contributed by atoms with Crippen molar-refractivity contribution in [2.75, 3.05) is 0 Å². The van der Waals surface area contributed by atoms with Crippen LogP contribution in [0.1, 0.15) is 17.0 Å². The van der Waals surface area contributed by atoms with Gasteiger partial charge in [0.1, 0.15) is 5.92 Å². The highest BCUT2D eigenvalue weighted by Gasteiger charge is 2.33. The second-order valence-corrected chi connectivity index (χ2v) is 4.02. The maximum Gasteiger partial charge on any atom is 0.243 e. The summed E-state index contributed by atoms with van der Waals surface area (Å²) in [6.45, 7) is 3.64. The average Bonchev–Trinajstić information content (AvgIpc) is 2.28. The number of amides is 2. The summed E-state index contributed by atoms with van der Waals surface area (Å²) in [4.78, 5) is 23.4. The van der Waals surface area contributed by atoms with Gasteiger partial charge in [-0.25, -0.2) is 0 Å². The summed E-state index contributed by atoms with van der Waals surface area (Å²) < 4.78 is 0. The van der Waals surface area contributed by atoms with E-state index < -0.39 is 17.7 Å². The molecule has 0 atom stereocenters. The Kier molecular flexibility index (Phi) is 3.01. The lowest BCUT2D eigenvalue weighted by molar-refractivity contribution is -0.131. The van der Waals surface area contributed by atoms with Gasteiger partial charge in [0.15, 0.2) is 5.11 Å². The highest BCUT2D eigenvalue weighted by molar-refractivity contribution is 7.80. The van der Waals surface area contributed by atoms with Gasteiger partial charge in [0, 0.05) is 0 Å². The van der Waals surface area contributed by atoms with E-state index in [1.807, 2.05) is 0 Å². The zero-order chi connectivity index (χ0) is 12.4. The fourth-order valence-corrected chi connectivity index (χ4v) is 1.85. The molecule has 1 fully saturated rings. The highest BCUT2D eigenvalue weighted by Crippen LogP contribution is 2.19. The fraction of sp³-hybridized carbons (Fsp3) is 0.0833. The van der Waals surface area contributed by atoms with E-state index in [4.69, 9.17) is 12.2 Å². The predicted molar refractivity (Wildman–Crippen MR) is 68.2 cm³/mol. The minimum absolute atomic E-state index is 0.0546. The van der Waals surface area contributed by atoms with Gasteiger partial charge < -0.3 is 10.6 Å². The summed E-state index contributed by atoms with van der Waals surface area (Å²) in [7, 11) is 0. The summed E-state index contributed by atoms with van der Waals surface area (Å²) in [6.07, 6.45) is 1.69. The molecule has 0 spiro atoms. The molecular formula is C12H10N2O2S. The molecule has 2 rings (SSSR count). The standard InChI is InChI=1S/C12H10N2O2S/c1-2-7-3-5-8(6-4-7)9-10(15)13-12(17)14-11(9)16/h2-6,9H,1H2,(H2,13,14,15,16,17). The van der Waals surface area contributed by atoms with Crippen LogP contribution in [0.25, 0.3) is 6.08 Å². The molecule has 1 aromatic carbocycles. The second kappa shape index (κ2) is 4.47. The zero-order valence-corrected chi connectivity index (χ0v) is 9.71. The van der Waals surface area contributed by atoms with E-state index in [1.165, 1.54) is 0 Å². The van der Waals surface area contributed by atoms with Crippen LogP contribution >= 0.6 is 12.2 Å². The molecule has 1 heterocycles. The third-order valence-electron chi connectivity index (χ3n) is 2.50. The predicted octanol–water partition coefficient (Wildman–Crippen LogP) is 0.944. The molecule has 1 saturated heterocycles. The Bertz CT molecular complexity index is 488. The minimum Gasteiger partial charge on any atom is -0.302 e. The smallest absolute Gasteiger partial charge is 0.243 e. The number of hydrogen-bond acceptors (Lipinski definition) is 3. The summed E-state index contributed by atoms with van der Waals surface area (Å²) >= 11 is 4.73. The summed E-state index contributed by atoms with van der Waals surface area (Å²) in [5, 5.41) is 4.91. The minimum atomic E-state index is -0.847. The number of carbonyl (C=O) groups excluding carboxylic acids is 2. The maximum absolute atomic E-state index is 11.7. The third-order valence-corrected chi connectivity index (χ3v) is 2.71. The second-order valence-electron chi connectivity index (χ2n) is 3.61.